The lowest BCUT2D eigenvalue weighted by Gasteiger charge is -2.16. The molecule has 1 amide bonds. The van der Waals surface area contributed by atoms with Crippen molar-refractivity contribution in [2.45, 2.75) is 25.9 Å². The Labute approximate surface area is 116 Å². The van der Waals surface area contributed by atoms with Crippen LogP contribution in [0.2, 0.25) is 5.02 Å². The Morgan fingerprint density at radius 1 is 1.53 bits per heavy atom. The molecule has 0 radical (unpaired) electrons. The predicted octanol–water partition coefficient (Wildman–Crippen LogP) is 0.986. The van der Waals surface area contributed by atoms with Gasteiger partial charge < -0.3 is 19.7 Å². The normalized spacial score (nSPS) is 12.3. The number of rotatable bonds is 5. The average molecular weight is 289 g/mol. The second kappa shape index (κ2) is 6.58. The minimum absolute atomic E-state index is 0.0407. The molecule has 0 bridgehead atoms. The van der Waals surface area contributed by atoms with Gasteiger partial charge in [-0.2, -0.15) is 0 Å². The fourth-order valence-corrected chi connectivity index (χ4v) is 1.82. The number of hydrogen-bond acceptors (Lipinski definition) is 4. The van der Waals surface area contributed by atoms with E-state index in [1.807, 2.05) is 13.8 Å². The molecule has 0 aromatic carbocycles. The van der Waals surface area contributed by atoms with Gasteiger partial charge in [-0.1, -0.05) is 11.6 Å². The molecular formula is C12H17ClN2O4. The summed E-state index contributed by atoms with van der Waals surface area (Å²) in [5, 5.41) is 11.9. The largest absolute Gasteiger partial charge is 0.467 e. The number of nitrogens with zero attached hydrogens (tertiary/aromatic N) is 1. The van der Waals surface area contributed by atoms with E-state index in [1.165, 1.54) is 13.2 Å². The van der Waals surface area contributed by atoms with Crippen molar-refractivity contribution in [3.05, 3.63) is 23.0 Å². The minimum atomic E-state index is -1.09. The number of esters is 1. The van der Waals surface area contributed by atoms with Crippen molar-refractivity contribution in [3.63, 3.8) is 0 Å². The fourth-order valence-electron chi connectivity index (χ4n) is 1.61. The Balaban J connectivity index is 2.91. The first-order valence-electron chi connectivity index (χ1n) is 5.77. The highest BCUT2D eigenvalue weighted by Gasteiger charge is 2.23. The number of methoxy groups -OCH3 is 1. The van der Waals surface area contributed by atoms with E-state index in [4.69, 9.17) is 16.7 Å². The van der Waals surface area contributed by atoms with E-state index >= 15 is 0 Å². The van der Waals surface area contributed by atoms with Crippen LogP contribution in [0.1, 0.15) is 30.4 Å². The lowest BCUT2D eigenvalue weighted by atomic mass is 10.3. The summed E-state index contributed by atoms with van der Waals surface area (Å²) in [7, 11) is 1.19. The van der Waals surface area contributed by atoms with Crippen molar-refractivity contribution in [2.24, 2.45) is 0 Å². The fraction of sp³-hybridized carbons (Fsp3) is 0.500. The van der Waals surface area contributed by atoms with Crippen LogP contribution < -0.4 is 5.32 Å². The van der Waals surface area contributed by atoms with Gasteiger partial charge in [0, 0.05) is 12.2 Å². The maximum Gasteiger partial charge on any atom is 0.330 e. The van der Waals surface area contributed by atoms with E-state index < -0.39 is 24.5 Å². The van der Waals surface area contributed by atoms with Gasteiger partial charge in [-0.05, 0) is 19.9 Å². The molecule has 1 unspecified atom stereocenters. The quantitative estimate of drug-likeness (QED) is 0.792. The highest BCUT2D eigenvalue weighted by atomic mass is 35.5. The third-order valence-corrected chi connectivity index (χ3v) is 2.78. The molecule has 0 aliphatic carbocycles. The summed E-state index contributed by atoms with van der Waals surface area (Å²) in [4.78, 5) is 23.4. The van der Waals surface area contributed by atoms with Crippen LogP contribution in [-0.4, -0.2) is 41.3 Å². The van der Waals surface area contributed by atoms with Crippen LogP contribution in [0.3, 0.4) is 0 Å². The van der Waals surface area contributed by atoms with E-state index in [-0.39, 0.29) is 6.04 Å². The second-order valence-corrected chi connectivity index (χ2v) is 4.71. The molecule has 1 heterocycles. The Hall–Kier alpha value is -1.53. The number of ether oxygens (including phenoxy) is 1. The van der Waals surface area contributed by atoms with Gasteiger partial charge in [-0.3, -0.25) is 4.79 Å². The van der Waals surface area contributed by atoms with E-state index in [2.05, 4.69) is 10.1 Å². The average Bonchev–Trinajstić information content (AvgIpc) is 2.77. The number of aromatic nitrogens is 1. The maximum absolute atomic E-state index is 12.1. The van der Waals surface area contributed by atoms with Gasteiger partial charge in [0.15, 0.2) is 6.04 Å². The smallest absolute Gasteiger partial charge is 0.330 e. The third kappa shape index (κ3) is 3.71. The summed E-state index contributed by atoms with van der Waals surface area (Å²) < 4.78 is 6.16. The molecule has 1 atom stereocenters. The van der Waals surface area contributed by atoms with Crippen molar-refractivity contribution >= 4 is 23.5 Å². The van der Waals surface area contributed by atoms with Crippen molar-refractivity contribution in [2.75, 3.05) is 13.7 Å². The zero-order valence-electron chi connectivity index (χ0n) is 11.0. The molecule has 106 valence electrons. The van der Waals surface area contributed by atoms with Gasteiger partial charge >= 0.3 is 5.97 Å². The van der Waals surface area contributed by atoms with Crippen LogP contribution in [0.15, 0.2) is 12.3 Å². The Morgan fingerprint density at radius 3 is 2.63 bits per heavy atom. The van der Waals surface area contributed by atoms with E-state index in [0.717, 1.165) is 0 Å². The number of nitrogens with one attached hydrogen (secondary N) is 1. The van der Waals surface area contributed by atoms with Gasteiger partial charge in [0.25, 0.3) is 5.91 Å². The summed E-state index contributed by atoms with van der Waals surface area (Å²) in [5.41, 5.74) is 0.322. The minimum Gasteiger partial charge on any atom is -0.467 e. The molecule has 19 heavy (non-hydrogen) atoms. The number of hydrogen-bond donors (Lipinski definition) is 2. The van der Waals surface area contributed by atoms with Gasteiger partial charge in [0.2, 0.25) is 0 Å². The molecule has 0 saturated carbocycles. The molecule has 0 spiro atoms. The van der Waals surface area contributed by atoms with Gasteiger partial charge in [0.1, 0.15) is 5.69 Å². The Kier molecular flexibility index (Phi) is 5.38. The zero-order valence-corrected chi connectivity index (χ0v) is 11.8. The molecule has 1 aromatic rings. The second-order valence-electron chi connectivity index (χ2n) is 4.28. The van der Waals surface area contributed by atoms with Crippen molar-refractivity contribution in [1.82, 2.24) is 9.88 Å². The summed E-state index contributed by atoms with van der Waals surface area (Å²) >= 11 is 5.87. The molecule has 2 N–H and O–H groups in total. The van der Waals surface area contributed by atoms with Gasteiger partial charge in [-0.25, -0.2) is 4.79 Å². The van der Waals surface area contributed by atoms with Crippen LogP contribution in [0.4, 0.5) is 0 Å². The molecular weight excluding hydrogens is 272 g/mol. The van der Waals surface area contributed by atoms with Crippen LogP contribution in [0.25, 0.3) is 0 Å². The lowest BCUT2D eigenvalue weighted by Crippen LogP contribution is -2.44. The molecule has 0 aliphatic rings. The van der Waals surface area contributed by atoms with Crippen molar-refractivity contribution in [3.8, 4) is 0 Å². The van der Waals surface area contributed by atoms with Crippen LogP contribution in [-0.2, 0) is 9.53 Å². The summed E-state index contributed by atoms with van der Waals surface area (Å²) in [6.45, 7) is 3.27. The molecule has 0 fully saturated rings. The Morgan fingerprint density at radius 2 is 2.16 bits per heavy atom. The summed E-state index contributed by atoms with van der Waals surface area (Å²) in [6, 6.07) is 0.452. The summed E-state index contributed by atoms with van der Waals surface area (Å²) in [6.07, 6.45) is 1.63. The molecule has 1 aromatic heterocycles. The standard InChI is InChI=1S/C12H17ClN2O4/c1-7(2)15-5-8(13)4-10(15)11(17)14-9(6-16)12(18)19-3/h4-5,7,9,16H,6H2,1-3H3,(H,14,17). The highest BCUT2D eigenvalue weighted by Crippen LogP contribution is 2.18. The van der Waals surface area contributed by atoms with Crippen molar-refractivity contribution < 1.29 is 19.4 Å². The first-order valence-corrected chi connectivity index (χ1v) is 6.15. The number of carbonyl (C=O) groups excluding carboxylic acids is 2. The monoisotopic (exact) mass is 288 g/mol. The first-order chi connectivity index (χ1) is 8.90. The van der Waals surface area contributed by atoms with Crippen LogP contribution in [0, 0.1) is 0 Å². The Bertz CT molecular complexity index is 470. The molecule has 0 saturated heterocycles. The van der Waals surface area contributed by atoms with E-state index in [1.54, 1.807) is 10.8 Å². The number of carbonyl (C=O) groups is 2. The number of halogens is 1. The SMILES string of the molecule is COC(=O)C(CO)NC(=O)c1cc(Cl)cn1C(C)C. The molecule has 1 rings (SSSR count). The summed E-state index contributed by atoms with van der Waals surface area (Å²) in [5.74, 6) is -1.20. The maximum atomic E-state index is 12.1. The van der Waals surface area contributed by atoms with Gasteiger partial charge in [-0.15, -0.1) is 0 Å². The molecule has 0 aliphatic heterocycles. The predicted molar refractivity (Wildman–Crippen MR) is 70.2 cm³/mol. The van der Waals surface area contributed by atoms with Crippen molar-refractivity contribution in [1.29, 1.82) is 0 Å². The highest BCUT2D eigenvalue weighted by molar-refractivity contribution is 6.31. The number of aliphatic hydroxyl groups is 1. The molecule has 7 heteroatoms. The van der Waals surface area contributed by atoms with Crippen LogP contribution in [0.5, 0.6) is 0 Å². The van der Waals surface area contributed by atoms with Gasteiger partial charge in [0.05, 0.1) is 18.7 Å². The third-order valence-electron chi connectivity index (χ3n) is 2.58. The molecule has 6 nitrogen and oxygen atoms in total. The first kappa shape index (κ1) is 15.5. The zero-order chi connectivity index (χ0) is 14.6. The lowest BCUT2D eigenvalue weighted by molar-refractivity contribution is -0.143. The number of amides is 1. The topological polar surface area (TPSA) is 80.6 Å². The van der Waals surface area contributed by atoms with E-state index in [0.29, 0.717) is 10.7 Å². The van der Waals surface area contributed by atoms with E-state index in [9.17, 15) is 9.59 Å². The number of aliphatic hydroxyl groups excluding tert-OH is 1. The van der Waals surface area contributed by atoms with Crippen LogP contribution >= 0.6 is 11.6 Å².